The van der Waals surface area contributed by atoms with E-state index in [9.17, 15) is 9.90 Å². The van der Waals surface area contributed by atoms with E-state index in [-0.39, 0.29) is 11.3 Å². The Kier molecular flexibility index (Phi) is 5.12. The lowest BCUT2D eigenvalue weighted by Gasteiger charge is -2.34. The molecule has 0 atom stereocenters. The highest BCUT2D eigenvalue weighted by Gasteiger charge is 2.28. The van der Waals surface area contributed by atoms with Gasteiger partial charge in [0.25, 0.3) is 5.91 Å². The zero-order chi connectivity index (χ0) is 16.3. The fourth-order valence-electron chi connectivity index (χ4n) is 2.82. The third kappa shape index (κ3) is 4.23. The van der Waals surface area contributed by atoms with E-state index in [0.717, 1.165) is 31.4 Å². The third-order valence-corrected chi connectivity index (χ3v) is 4.54. The lowest BCUT2D eigenvalue weighted by molar-refractivity contribution is 0.0951. The number of rotatable bonds is 2. The molecule has 1 aliphatic carbocycles. The van der Waals surface area contributed by atoms with Gasteiger partial charge >= 0.3 is 0 Å². The molecule has 1 saturated carbocycles. The molecular formula is C17H23ClN2O2. The summed E-state index contributed by atoms with van der Waals surface area (Å²) in [6, 6.07) is 4.40. The number of hydrogen-bond acceptors (Lipinski definition) is 3. The van der Waals surface area contributed by atoms with Gasteiger partial charge in [0.05, 0.1) is 5.56 Å². The number of carbonyl (C=O) groups is 1. The van der Waals surface area contributed by atoms with Crippen molar-refractivity contribution in [2.75, 3.05) is 0 Å². The largest absolute Gasteiger partial charge is 0.507 e. The molecule has 0 bridgehead atoms. The van der Waals surface area contributed by atoms with Crippen molar-refractivity contribution in [1.82, 2.24) is 5.43 Å². The second-order valence-electron chi connectivity index (χ2n) is 6.92. The van der Waals surface area contributed by atoms with E-state index < -0.39 is 5.91 Å². The maximum atomic E-state index is 12.0. The maximum absolute atomic E-state index is 12.0. The fraction of sp³-hybridized carbons (Fsp3) is 0.529. The molecule has 0 aliphatic heterocycles. The number of nitrogens with one attached hydrogen (secondary N) is 1. The highest BCUT2D eigenvalue weighted by Crippen LogP contribution is 2.36. The lowest BCUT2D eigenvalue weighted by atomic mass is 9.72. The van der Waals surface area contributed by atoms with E-state index in [1.807, 2.05) is 0 Å². The van der Waals surface area contributed by atoms with Gasteiger partial charge in [-0.1, -0.05) is 32.4 Å². The topological polar surface area (TPSA) is 61.7 Å². The van der Waals surface area contributed by atoms with E-state index in [0.29, 0.717) is 16.4 Å². The number of halogens is 1. The summed E-state index contributed by atoms with van der Waals surface area (Å²) >= 11 is 5.75. The van der Waals surface area contributed by atoms with Gasteiger partial charge in [-0.25, -0.2) is 5.43 Å². The molecule has 2 N–H and O–H groups in total. The molecule has 5 heteroatoms. The second-order valence-corrected chi connectivity index (χ2v) is 7.36. The van der Waals surface area contributed by atoms with Gasteiger partial charge in [0.15, 0.2) is 0 Å². The van der Waals surface area contributed by atoms with Crippen molar-refractivity contribution >= 4 is 23.2 Å². The van der Waals surface area contributed by atoms with Crippen molar-refractivity contribution in [3.8, 4) is 5.75 Å². The van der Waals surface area contributed by atoms with Crippen LogP contribution < -0.4 is 5.43 Å². The first-order chi connectivity index (χ1) is 10.3. The number of carbonyl (C=O) groups excluding carboxylic acids is 1. The molecule has 0 heterocycles. The SMILES string of the molecule is CC(C)(C)C1CCC(=NNC(=O)c2ccc(Cl)cc2O)CC1. The predicted molar refractivity (Wildman–Crippen MR) is 89.4 cm³/mol. The lowest BCUT2D eigenvalue weighted by Crippen LogP contribution is -2.27. The molecule has 1 aromatic rings. The normalized spacial score (nSPS) is 18.9. The Morgan fingerprint density at radius 2 is 1.95 bits per heavy atom. The Labute approximate surface area is 136 Å². The molecule has 120 valence electrons. The summed E-state index contributed by atoms with van der Waals surface area (Å²) in [5.41, 5.74) is 4.05. The molecule has 4 nitrogen and oxygen atoms in total. The van der Waals surface area contributed by atoms with E-state index >= 15 is 0 Å². The molecule has 0 saturated heterocycles. The van der Waals surface area contributed by atoms with Gasteiger partial charge in [0.1, 0.15) is 5.75 Å². The molecule has 1 fully saturated rings. The van der Waals surface area contributed by atoms with Crippen molar-refractivity contribution in [2.24, 2.45) is 16.4 Å². The molecular weight excluding hydrogens is 300 g/mol. The zero-order valence-corrected chi connectivity index (χ0v) is 14.1. The van der Waals surface area contributed by atoms with E-state index in [1.54, 1.807) is 6.07 Å². The summed E-state index contributed by atoms with van der Waals surface area (Å²) < 4.78 is 0. The van der Waals surface area contributed by atoms with Crippen LogP contribution in [0.2, 0.25) is 5.02 Å². The Balaban J connectivity index is 1.94. The van der Waals surface area contributed by atoms with Crippen LogP contribution in [-0.2, 0) is 0 Å². The Hall–Kier alpha value is -1.55. The van der Waals surface area contributed by atoms with Crippen molar-refractivity contribution in [3.05, 3.63) is 28.8 Å². The van der Waals surface area contributed by atoms with Crippen LogP contribution in [0.15, 0.2) is 23.3 Å². The molecule has 22 heavy (non-hydrogen) atoms. The summed E-state index contributed by atoms with van der Waals surface area (Å²) in [6.45, 7) is 6.81. The van der Waals surface area contributed by atoms with Gasteiger partial charge < -0.3 is 5.11 Å². The second kappa shape index (κ2) is 6.69. The maximum Gasteiger partial charge on any atom is 0.275 e. The number of hydrazone groups is 1. The molecule has 2 rings (SSSR count). The van der Waals surface area contributed by atoms with Crippen molar-refractivity contribution in [2.45, 2.75) is 46.5 Å². The van der Waals surface area contributed by atoms with Crippen molar-refractivity contribution in [3.63, 3.8) is 0 Å². The molecule has 1 aliphatic rings. The van der Waals surface area contributed by atoms with Crippen LogP contribution in [0.3, 0.4) is 0 Å². The summed E-state index contributed by atoms with van der Waals surface area (Å²) in [4.78, 5) is 12.0. The number of phenolic OH excluding ortho intramolecular Hbond substituents is 1. The van der Waals surface area contributed by atoms with Crippen LogP contribution >= 0.6 is 11.6 Å². The first-order valence-electron chi connectivity index (χ1n) is 7.61. The van der Waals surface area contributed by atoms with Gasteiger partial charge in [0, 0.05) is 10.7 Å². The predicted octanol–water partition coefficient (Wildman–Crippen LogP) is 4.37. The first kappa shape index (κ1) is 16.8. The van der Waals surface area contributed by atoms with Crippen LogP contribution in [0.1, 0.15) is 56.8 Å². The van der Waals surface area contributed by atoms with Crippen LogP contribution in [0.4, 0.5) is 0 Å². The number of benzene rings is 1. The molecule has 1 amide bonds. The number of amides is 1. The summed E-state index contributed by atoms with van der Waals surface area (Å²) in [6.07, 6.45) is 4.03. The number of phenols is 1. The van der Waals surface area contributed by atoms with Crippen LogP contribution in [0.5, 0.6) is 5.75 Å². The minimum atomic E-state index is -0.417. The summed E-state index contributed by atoms with van der Waals surface area (Å²) in [5, 5.41) is 14.3. The van der Waals surface area contributed by atoms with Crippen LogP contribution in [0, 0.1) is 11.3 Å². The van der Waals surface area contributed by atoms with Gasteiger partial charge in [-0.2, -0.15) is 5.10 Å². The van der Waals surface area contributed by atoms with Gasteiger partial charge in [-0.15, -0.1) is 0 Å². The van der Waals surface area contributed by atoms with Crippen molar-refractivity contribution < 1.29 is 9.90 Å². The molecule has 1 aromatic carbocycles. The Morgan fingerprint density at radius 1 is 1.32 bits per heavy atom. The summed E-state index contributed by atoms with van der Waals surface area (Å²) in [5.74, 6) is 0.142. The smallest absolute Gasteiger partial charge is 0.275 e. The number of hydrogen-bond donors (Lipinski definition) is 2. The minimum Gasteiger partial charge on any atom is -0.507 e. The van der Waals surface area contributed by atoms with E-state index in [2.05, 4.69) is 31.3 Å². The van der Waals surface area contributed by atoms with Gasteiger partial charge in [-0.3, -0.25) is 4.79 Å². The van der Waals surface area contributed by atoms with Crippen molar-refractivity contribution in [1.29, 1.82) is 0 Å². The van der Waals surface area contributed by atoms with Gasteiger partial charge in [0.2, 0.25) is 0 Å². The highest BCUT2D eigenvalue weighted by molar-refractivity contribution is 6.30. The van der Waals surface area contributed by atoms with Crippen LogP contribution in [-0.4, -0.2) is 16.7 Å². The number of aromatic hydroxyl groups is 1. The molecule has 0 radical (unpaired) electrons. The van der Waals surface area contributed by atoms with Gasteiger partial charge in [-0.05, 0) is 55.2 Å². The Morgan fingerprint density at radius 3 is 2.50 bits per heavy atom. The molecule has 0 unspecified atom stereocenters. The monoisotopic (exact) mass is 322 g/mol. The molecule has 0 spiro atoms. The molecule has 0 aromatic heterocycles. The summed E-state index contributed by atoms with van der Waals surface area (Å²) in [7, 11) is 0. The quantitative estimate of drug-likeness (QED) is 0.794. The highest BCUT2D eigenvalue weighted by atomic mass is 35.5. The van der Waals surface area contributed by atoms with Crippen LogP contribution in [0.25, 0.3) is 0 Å². The Bertz CT molecular complexity index is 581. The number of nitrogens with zero attached hydrogens (tertiary/aromatic N) is 1. The first-order valence-corrected chi connectivity index (χ1v) is 7.99. The standard InChI is InChI=1S/C17H23ClN2O2/c1-17(2,3)11-4-7-13(8-5-11)19-20-16(22)14-9-6-12(18)10-15(14)21/h6,9-11,21H,4-5,7-8H2,1-3H3,(H,20,22). The fourth-order valence-corrected chi connectivity index (χ4v) is 2.98. The zero-order valence-electron chi connectivity index (χ0n) is 13.3. The minimum absolute atomic E-state index is 0.137. The average molecular weight is 323 g/mol. The average Bonchev–Trinajstić information content (AvgIpc) is 2.44. The van der Waals surface area contributed by atoms with E-state index in [1.165, 1.54) is 12.1 Å². The van der Waals surface area contributed by atoms with E-state index in [4.69, 9.17) is 11.6 Å². The third-order valence-electron chi connectivity index (χ3n) is 4.31.